The van der Waals surface area contributed by atoms with E-state index < -0.39 is 0 Å². The van der Waals surface area contributed by atoms with Gasteiger partial charge in [0.25, 0.3) is 0 Å². The van der Waals surface area contributed by atoms with Gasteiger partial charge in [-0.3, -0.25) is 0 Å². The number of hydrogen-bond donors (Lipinski definition) is 1. The standard InChI is InChI=1S/C17H22N2/c1-13-5-7-15(8-6-13)12-18-17-10-9-16(19(3)4)11-14(17)2/h5-11,18H,12H2,1-4H3. The molecule has 2 aromatic rings. The van der Waals surface area contributed by atoms with Crippen molar-refractivity contribution in [3.63, 3.8) is 0 Å². The highest BCUT2D eigenvalue weighted by molar-refractivity contribution is 5.59. The second-order valence-electron chi connectivity index (χ2n) is 5.23. The van der Waals surface area contributed by atoms with Crippen molar-refractivity contribution in [2.75, 3.05) is 24.3 Å². The van der Waals surface area contributed by atoms with Crippen LogP contribution in [0.25, 0.3) is 0 Å². The third-order valence-corrected chi connectivity index (χ3v) is 3.33. The lowest BCUT2D eigenvalue weighted by Gasteiger charge is -2.16. The van der Waals surface area contributed by atoms with Crippen LogP contribution in [0.1, 0.15) is 16.7 Å². The van der Waals surface area contributed by atoms with E-state index in [9.17, 15) is 0 Å². The Morgan fingerprint density at radius 1 is 0.947 bits per heavy atom. The van der Waals surface area contributed by atoms with Crippen molar-refractivity contribution in [1.82, 2.24) is 0 Å². The van der Waals surface area contributed by atoms with Crippen LogP contribution in [-0.2, 0) is 6.54 Å². The fourth-order valence-electron chi connectivity index (χ4n) is 2.03. The Balaban J connectivity index is 2.05. The number of nitrogens with zero attached hydrogens (tertiary/aromatic N) is 1. The minimum atomic E-state index is 0.864. The van der Waals surface area contributed by atoms with Gasteiger partial charge in [-0.05, 0) is 43.2 Å². The van der Waals surface area contributed by atoms with Crippen LogP contribution >= 0.6 is 0 Å². The van der Waals surface area contributed by atoms with Crippen LogP contribution in [0.5, 0.6) is 0 Å². The third kappa shape index (κ3) is 3.50. The van der Waals surface area contributed by atoms with Crippen LogP contribution in [0.4, 0.5) is 11.4 Å². The lowest BCUT2D eigenvalue weighted by Crippen LogP contribution is -2.09. The maximum absolute atomic E-state index is 3.50. The molecule has 0 aliphatic heterocycles. The number of nitrogens with one attached hydrogen (secondary N) is 1. The number of rotatable bonds is 4. The highest BCUT2D eigenvalue weighted by Gasteiger charge is 2.01. The smallest absolute Gasteiger partial charge is 0.0400 e. The molecule has 0 saturated carbocycles. The zero-order valence-corrected chi connectivity index (χ0v) is 12.2. The van der Waals surface area contributed by atoms with Crippen LogP contribution in [-0.4, -0.2) is 14.1 Å². The average Bonchev–Trinajstić information content (AvgIpc) is 2.39. The maximum Gasteiger partial charge on any atom is 0.0400 e. The van der Waals surface area contributed by atoms with Crippen molar-refractivity contribution in [3.05, 3.63) is 59.2 Å². The van der Waals surface area contributed by atoms with Gasteiger partial charge in [0.2, 0.25) is 0 Å². The van der Waals surface area contributed by atoms with Crippen LogP contribution in [0, 0.1) is 13.8 Å². The first-order valence-electron chi connectivity index (χ1n) is 6.63. The van der Waals surface area contributed by atoms with E-state index in [0.29, 0.717) is 0 Å². The molecule has 0 radical (unpaired) electrons. The Morgan fingerprint density at radius 3 is 2.21 bits per heavy atom. The van der Waals surface area contributed by atoms with Gasteiger partial charge in [-0.25, -0.2) is 0 Å². The fourth-order valence-corrected chi connectivity index (χ4v) is 2.03. The van der Waals surface area contributed by atoms with Crippen LogP contribution in [0.15, 0.2) is 42.5 Å². The van der Waals surface area contributed by atoms with E-state index in [0.717, 1.165) is 6.54 Å². The molecule has 0 bridgehead atoms. The Labute approximate surface area is 116 Å². The van der Waals surface area contributed by atoms with Gasteiger partial charge in [0.1, 0.15) is 0 Å². The number of anilines is 2. The summed E-state index contributed by atoms with van der Waals surface area (Å²) in [5.41, 5.74) is 6.32. The molecule has 0 fully saturated rings. The minimum Gasteiger partial charge on any atom is -0.381 e. The van der Waals surface area contributed by atoms with Crippen LogP contribution in [0.2, 0.25) is 0 Å². The predicted octanol–water partition coefficient (Wildman–Crippen LogP) is 3.98. The Hall–Kier alpha value is -1.96. The van der Waals surface area contributed by atoms with Gasteiger partial charge < -0.3 is 10.2 Å². The molecule has 0 atom stereocenters. The topological polar surface area (TPSA) is 15.3 Å². The highest BCUT2D eigenvalue weighted by atomic mass is 15.1. The number of benzene rings is 2. The summed E-state index contributed by atoms with van der Waals surface area (Å²) in [5, 5.41) is 3.50. The summed E-state index contributed by atoms with van der Waals surface area (Å²) in [7, 11) is 4.13. The summed E-state index contributed by atoms with van der Waals surface area (Å²) in [6.07, 6.45) is 0. The molecular formula is C17H22N2. The van der Waals surface area contributed by atoms with Crippen molar-refractivity contribution in [1.29, 1.82) is 0 Å². The molecular weight excluding hydrogens is 232 g/mol. The zero-order chi connectivity index (χ0) is 13.8. The Bertz CT molecular complexity index is 542. The molecule has 0 saturated heterocycles. The van der Waals surface area contributed by atoms with Gasteiger partial charge in [0, 0.05) is 32.0 Å². The Morgan fingerprint density at radius 2 is 1.63 bits per heavy atom. The van der Waals surface area contributed by atoms with Gasteiger partial charge >= 0.3 is 0 Å². The van der Waals surface area contributed by atoms with Crippen LogP contribution in [0.3, 0.4) is 0 Å². The van der Waals surface area contributed by atoms with Crippen molar-refractivity contribution >= 4 is 11.4 Å². The molecule has 0 aliphatic carbocycles. The van der Waals surface area contributed by atoms with Crippen molar-refractivity contribution in [2.24, 2.45) is 0 Å². The van der Waals surface area contributed by atoms with E-state index >= 15 is 0 Å². The summed E-state index contributed by atoms with van der Waals surface area (Å²) in [6, 6.07) is 15.1. The molecule has 2 heteroatoms. The molecule has 0 aliphatic rings. The first-order valence-corrected chi connectivity index (χ1v) is 6.63. The van der Waals surface area contributed by atoms with Crippen molar-refractivity contribution in [2.45, 2.75) is 20.4 Å². The molecule has 0 spiro atoms. The second-order valence-corrected chi connectivity index (χ2v) is 5.23. The first kappa shape index (κ1) is 13.5. The van der Waals surface area contributed by atoms with Gasteiger partial charge in [-0.2, -0.15) is 0 Å². The van der Waals surface area contributed by atoms with E-state index in [1.54, 1.807) is 0 Å². The molecule has 0 aromatic heterocycles. The van der Waals surface area contributed by atoms with Crippen molar-refractivity contribution < 1.29 is 0 Å². The molecule has 2 aromatic carbocycles. The summed E-state index contributed by atoms with van der Waals surface area (Å²) >= 11 is 0. The summed E-state index contributed by atoms with van der Waals surface area (Å²) in [6.45, 7) is 5.12. The number of aryl methyl sites for hydroxylation is 2. The molecule has 1 N–H and O–H groups in total. The molecule has 0 amide bonds. The van der Waals surface area contributed by atoms with Gasteiger partial charge in [0.05, 0.1) is 0 Å². The normalized spacial score (nSPS) is 10.3. The highest BCUT2D eigenvalue weighted by Crippen LogP contribution is 2.21. The monoisotopic (exact) mass is 254 g/mol. The maximum atomic E-state index is 3.50. The fraction of sp³-hybridized carbons (Fsp3) is 0.294. The lowest BCUT2D eigenvalue weighted by atomic mass is 10.1. The molecule has 19 heavy (non-hydrogen) atoms. The average molecular weight is 254 g/mol. The SMILES string of the molecule is Cc1ccc(CNc2ccc(N(C)C)cc2C)cc1. The minimum absolute atomic E-state index is 0.864. The predicted molar refractivity (Wildman–Crippen MR) is 84.0 cm³/mol. The lowest BCUT2D eigenvalue weighted by molar-refractivity contribution is 1.11. The van der Waals surface area contributed by atoms with Crippen LogP contribution < -0.4 is 10.2 Å². The molecule has 100 valence electrons. The summed E-state index contributed by atoms with van der Waals surface area (Å²) < 4.78 is 0. The largest absolute Gasteiger partial charge is 0.381 e. The molecule has 0 unspecified atom stereocenters. The molecule has 0 heterocycles. The first-order chi connectivity index (χ1) is 9.06. The summed E-state index contributed by atoms with van der Waals surface area (Å²) in [4.78, 5) is 2.12. The van der Waals surface area contributed by atoms with Gasteiger partial charge in [-0.1, -0.05) is 29.8 Å². The summed E-state index contributed by atoms with van der Waals surface area (Å²) in [5.74, 6) is 0. The number of hydrogen-bond acceptors (Lipinski definition) is 2. The third-order valence-electron chi connectivity index (χ3n) is 3.33. The van der Waals surface area contributed by atoms with E-state index in [2.05, 4.69) is 80.6 Å². The van der Waals surface area contributed by atoms with E-state index in [1.807, 2.05) is 0 Å². The molecule has 2 nitrogen and oxygen atoms in total. The zero-order valence-electron chi connectivity index (χ0n) is 12.2. The van der Waals surface area contributed by atoms with Gasteiger partial charge in [0.15, 0.2) is 0 Å². The van der Waals surface area contributed by atoms with E-state index in [4.69, 9.17) is 0 Å². The van der Waals surface area contributed by atoms with E-state index in [-0.39, 0.29) is 0 Å². The molecule has 2 rings (SSSR count). The van der Waals surface area contributed by atoms with Gasteiger partial charge in [-0.15, -0.1) is 0 Å². The van der Waals surface area contributed by atoms with E-state index in [1.165, 1.54) is 28.1 Å². The second kappa shape index (κ2) is 5.79. The Kier molecular flexibility index (Phi) is 4.10. The quantitative estimate of drug-likeness (QED) is 0.887. The van der Waals surface area contributed by atoms with Crippen molar-refractivity contribution in [3.8, 4) is 0 Å².